The van der Waals surface area contributed by atoms with Gasteiger partial charge in [0, 0.05) is 38.2 Å². The molecule has 0 bridgehead atoms. The summed E-state index contributed by atoms with van der Waals surface area (Å²) in [7, 11) is 1.96. The fourth-order valence-corrected chi connectivity index (χ4v) is 3.28. The van der Waals surface area contributed by atoms with Gasteiger partial charge in [-0.3, -0.25) is 9.48 Å². The summed E-state index contributed by atoms with van der Waals surface area (Å²) in [6, 6.07) is 1.71. The van der Waals surface area contributed by atoms with Crippen LogP contribution in [0.3, 0.4) is 0 Å². The molecule has 1 saturated carbocycles. The SMILES string of the molecule is Cn1ncc2c1[C@@H](COCC1CC1)CN(C(=O)c1ccoc1)C2. The van der Waals surface area contributed by atoms with E-state index in [1.54, 1.807) is 6.07 Å². The normalized spacial score (nSPS) is 20.6. The molecule has 4 rings (SSSR count). The molecule has 23 heavy (non-hydrogen) atoms. The van der Waals surface area contributed by atoms with Gasteiger partial charge in [-0.1, -0.05) is 0 Å². The van der Waals surface area contributed by atoms with E-state index >= 15 is 0 Å². The zero-order valence-electron chi connectivity index (χ0n) is 13.3. The van der Waals surface area contributed by atoms with Crippen LogP contribution in [0.2, 0.25) is 0 Å². The fourth-order valence-electron chi connectivity index (χ4n) is 3.28. The second-order valence-corrected chi connectivity index (χ2v) is 6.55. The van der Waals surface area contributed by atoms with Crippen LogP contribution in [-0.2, 0) is 18.3 Å². The molecule has 1 aliphatic heterocycles. The summed E-state index contributed by atoms with van der Waals surface area (Å²) in [6.07, 6.45) is 7.46. The molecule has 2 aliphatic rings. The number of ether oxygens (including phenoxy) is 1. The molecule has 0 radical (unpaired) electrons. The number of nitrogens with zero attached hydrogens (tertiary/aromatic N) is 3. The van der Waals surface area contributed by atoms with Crippen LogP contribution >= 0.6 is 0 Å². The maximum absolute atomic E-state index is 12.6. The zero-order valence-corrected chi connectivity index (χ0v) is 13.3. The van der Waals surface area contributed by atoms with E-state index in [4.69, 9.17) is 9.15 Å². The topological polar surface area (TPSA) is 60.5 Å². The van der Waals surface area contributed by atoms with Gasteiger partial charge in [0.2, 0.25) is 0 Å². The van der Waals surface area contributed by atoms with Crippen LogP contribution in [0, 0.1) is 5.92 Å². The Balaban J connectivity index is 1.51. The summed E-state index contributed by atoms with van der Waals surface area (Å²) < 4.78 is 12.9. The Morgan fingerprint density at radius 1 is 1.43 bits per heavy atom. The van der Waals surface area contributed by atoms with Crippen LogP contribution in [0.1, 0.15) is 40.4 Å². The molecule has 6 nitrogen and oxygen atoms in total. The second-order valence-electron chi connectivity index (χ2n) is 6.55. The quantitative estimate of drug-likeness (QED) is 0.848. The Kier molecular flexibility index (Phi) is 3.69. The highest BCUT2D eigenvalue weighted by Crippen LogP contribution is 2.32. The molecule has 0 spiro atoms. The van der Waals surface area contributed by atoms with Crippen molar-refractivity contribution in [1.82, 2.24) is 14.7 Å². The van der Waals surface area contributed by atoms with Crippen LogP contribution < -0.4 is 0 Å². The lowest BCUT2D eigenvalue weighted by Crippen LogP contribution is -2.40. The number of furan rings is 1. The molecular formula is C17H21N3O3. The van der Waals surface area contributed by atoms with E-state index in [0.717, 1.165) is 18.1 Å². The van der Waals surface area contributed by atoms with Gasteiger partial charge in [0.25, 0.3) is 5.91 Å². The zero-order chi connectivity index (χ0) is 15.8. The first-order chi connectivity index (χ1) is 11.2. The number of rotatable bonds is 5. The number of hydrogen-bond acceptors (Lipinski definition) is 4. The van der Waals surface area contributed by atoms with E-state index in [9.17, 15) is 4.79 Å². The summed E-state index contributed by atoms with van der Waals surface area (Å²) in [5.74, 6) is 0.912. The predicted molar refractivity (Wildman–Crippen MR) is 82.9 cm³/mol. The van der Waals surface area contributed by atoms with Crippen LogP contribution in [0.5, 0.6) is 0 Å². The molecule has 0 N–H and O–H groups in total. The van der Waals surface area contributed by atoms with E-state index in [1.807, 2.05) is 22.8 Å². The minimum atomic E-state index is 0.000413. The highest BCUT2D eigenvalue weighted by Gasteiger charge is 2.32. The average Bonchev–Trinajstić information content (AvgIpc) is 3.07. The molecule has 2 aromatic heterocycles. The van der Waals surface area contributed by atoms with Crippen molar-refractivity contribution >= 4 is 5.91 Å². The Morgan fingerprint density at radius 3 is 3.04 bits per heavy atom. The maximum Gasteiger partial charge on any atom is 0.257 e. The smallest absolute Gasteiger partial charge is 0.257 e. The van der Waals surface area contributed by atoms with Gasteiger partial charge in [0.05, 0.1) is 30.3 Å². The molecule has 1 fully saturated rings. The second kappa shape index (κ2) is 5.85. The Bertz CT molecular complexity index is 688. The Morgan fingerprint density at radius 2 is 2.30 bits per heavy atom. The number of carbonyl (C=O) groups is 1. The van der Waals surface area contributed by atoms with Crippen LogP contribution in [0.4, 0.5) is 0 Å². The maximum atomic E-state index is 12.6. The van der Waals surface area contributed by atoms with Crippen LogP contribution in [-0.4, -0.2) is 40.3 Å². The van der Waals surface area contributed by atoms with Crippen LogP contribution in [0.25, 0.3) is 0 Å². The molecule has 2 aromatic rings. The summed E-state index contributed by atoms with van der Waals surface area (Å²) in [5.41, 5.74) is 2.89. The van der Waals surface area contributed by atoms with E-state index in [2.05, 4.69) is 5.10 Å². The van der Waals surface area contributed by atoms with E-state index in [1.165, 1.54) is 31.1 Å². The lowest BCUT2D eigenvalue weighted by Gasteiger charge is -2.33. The monoisotopic (exact) mass is 315 g/mol. The van der Waals surface area contributed by atoms with E-state index in [-0.39, 0.29) is 11.8 Å². The average molecular weight is 315 g/mol. The van der Waals surface area contributed by atoms with Crippen molar-refractivity contribution in [1.29, 1.82) is 0 Å². The lowest BCUT2D eigenvalue weighted by molar-refractivity contribution is 0.0620. The fraction of sp³-hybridized carbons (Fsp3) is 0.529. The van der Waals surface area contributed by atoms with Crippen molar-refractivity contribution in [3.05, 3.63) is 41.6 Å². The molecule has 0 unspecified atom stereocenters. The lowest BCUT2D eigenvalue weighted by atomic mass is 9.96. The van der Waals surface area contributed by atoms with Gasteiger partial charge in [-0.2, -0.15) is 5.10 Å². The van der Waals surface area contributed by atoms with Crippen molar-refractivity contribution < 1.29 is 13.9 Å². The molecule has 1 amide bonds. The summed E-state index contributed by atoms with van der Waals surface area (Å²) in [5, 5.41) is 4.37. The molecular weight excluding hydrogens is 294 g/mol. The van der Waals surface area contributed by atoms with Gasteiger partial charge in [0.1, 0.15) is 6.26 Å². The van der Waals surface area contributed by atoms with Gasteiger partial charge < -0.3 is 14.1 Å². The first-order valence-corrected chi connectivity index (χ1v) is 8.12. The van der Waals surface area contributed by atoms with Gasteiger partial charge in [-0.05, 0) is 24.8 Å². The number of aryl methyl sites for hydroxylation is 1. The minimum Gasteiger partial charge on any atom is -0.472 e. The van der Waals surface area contributed by atoms with E-state index < -0.39 is 0 Å². The molecule has 122 valence electrons. The third-order valence-corrected chi connectivity index (χ3v) is 4.68. The van der Waals surface area contributed by atoms with Gasteiger partial charge >= 0.3 is 0 Å². The summed E-state index contributed by atoms with van der Waals surface area (Å²) >= 11 is 0. The molecule has 6 heteroatoms. The number of amides is 1. The van der Waals surface area contributed by atoms with Gasteiger partial charge in [0.15, 0.2) is 0 Å². The standard InChI is InChI=1S/C17H21N3O3/c1-19-16-14(6-18-19)7-20(17(21)13-4-5-22-10-13)8-15(16)11-23-9-12-2-3-12/h4-6,10,12,15H,2-3,7-9,11H2,1H3/t15-/m1/s1. The molecule has 1 atom stereocenters. The third kappa shape index (κ3) is 2.91. The van der Waals surface area contributed by atoms with Gasteiger partial charge in [-0.25, -0.2) is 0 Å². The largest absolute Gasteiger partial charge is 0.472 e. The number of aromatic nitrogens is 2. The number of fused-ring (bicyclic) bond motifs is 1. The predicted octanol–water partition coefficient (Wildman–Crippen LogP) is 2.18. The van der Waals surface area contributed by atoms with Crippen molar-refractivity contribution in [2.24, 2.45) is 13.0 Å². The van der Waals surface area contributed by atoms with Crippen molar-refractivity contribution in [3.8, 4) is 0 Å². The first kappa shape index (κ1) is 14.5. The molecule has 3 heterocycles. The number of hydrogen-bond donors (Lipinski definition) is 0. The van der Waals surface area contributed by atoms with Crippen LogP contribution in [0.15, 0.2) is 29.2 Å². The Hall–Kier alpha value is -2.08. The highest BCUT2D eigenvalue weighted by atomic mass is 16.5. The highest BCUT2D eigenvalue weighted by molar-refractivity contribution is 5.94. The minimum absolute atomic E-state index is 0.000413. The molecule has 0 aromatic carbocycles. The third-order valence-electron chi connectivity index (χ3n) is 4.68. The van der Waals surface area contributed by atoms with Crippen molar-refractivity contribution in [2.45, 2.75) is 25.3 Å². The van der Waals surface area contributed by atoms with E-state index in [0.29, 0.717) is 25.3 Å². The van der Waals surface area contributed by atoms with Crippen molar-refractivity contribution in [3.63, 3.8) is 0 Å². The van der Waals surface area contributed by atoms with Gasteiger partial charge in [-0.15, -0.1) is 0 Å². The molecule has 1 aliphatic carbocycles. The molecule has 0 saturated heterocycles. The summed E-state index contributed by atoms with van der Waals surface area (Å²) in [6.45, 7) is 2.71. The first-order valence-electron chi connectivity index (χ1n) is 8.12. The Labute approximate surface area is 135 Å². The number of carbonyl (C=O) groups excluding carboxylic acids is 1. The summed E-state index contributed by atoms with van der Waals surface area (Å²) in [4.78, 5) is 14.5. The van der Waals surface area contributed by atoms with Crippen molar-refractivity contribution in [2.75, 3.05) is 19.8 Å².